The summed E-state index contributed by atoms with van der Waals surface area (Å²) in [5, 5.41) is 10.3. The van der Waals surface area contributed by atoms with E-state index in [2.05, 4.69) is 9.88 Å². The van der Waals surface area contributed by atoms with E-state index in [-0.39, 0.29) is 12.0 Å². The van der Waals surface area contributed by atoms with Crippen molar-refractivity contribution in [1.29, 1.82) is 0 Å². The number of fused-ring (bicyclic) bond motifs is 1. The van der Waals surface area contributed by atoms with E-state index in [4.69, 9.17) is 14.6 Å². The van der Waals surface area contributed by atoms with Crippen molar-refractivity contribution in [2.75, 3.05) is 32.8 Å². The summed E-state index contributed by atoms with van der Waals surface area (Å²) in [6.45, 7) is 4.81. The Kier molecular flexibility index (Phi) is 7.34. The molecule has 0 aromatic carbocycles. The highest BCUT2D eigenvalue weighted by Gasteiger charge is 2.39. The fourth-order valence-corrected chi connectivity index (χ4v) is 4.32. The maximum atomic E-state index is 12.8. The molecule has 170 valence electrons. The number of nitrogens with zero attached hydrogens (tertiary/aromatic N) is 4. The molecule has 12 heteroatoms. The first-order valence-electron chi connectivity index (χ1n) is 9.58. The lowest BCUT2D eigenvalue weighted by atomic mass is 10.1. The summed E-state index contributed by atoms with van der Waals surface area (Å²) in [5.41, 5.74) is 0.742. The zero-order chi connectivity index (χ0) is 22.6. The predicted molar refractivity (Wildman–Crippen MR) is 106 cm³/mol. The summed E-state index contributed by atoms with van der Waals surface area (Å²) in [7, 11) is 1.91. The third-order valence-electron chi connectivity index (χ3n) is 5.14. The molecule has 1 N–H and O–H groups in total. The van der Waals surface area contributed by atoms with Crippen molar-refractivity contribution in [1.82, 2.24) is 19.4 Å². The van der Waals surface area contributed by atoms with Crippen molar-refractivity contribution in [3.63, 3.8) is 0 Å². The van der Waals surface area contributed by atoms with Crippen LogP contribution in [0.2, 0.25) is 0 Å². The van der Waals surface area contributed by atoms with Crippen LogP contribution in [0.15, 0.2) is 29.9 Å². The molecule has 2 aliphatic heterocycles. The second-order valence-corrected chi connectivity index (χ2v) is 8.33. The molecule has 4 rings (SSSR count). The number of likely N-dealkylation sites (tertiary alicyclic amines) is 1. The number of halogens is 3. The van der Waals surface area contributed by atoms with E-state index in [9.17, 15) is 18.0 Å². The number of hydrogen-bond donors (Lipinski definition) is 1. The van der Waals surface area contributed by atoms with Gasteiger partial charge in [-0.3, -0.25) is 9.69 Å². The predicted octanol–water partition coefficient (Wildman–Crippen LogP) is 2.09. The topological polar surface area (TPSA) is 87.9 Å². The van der Waals surface area contributed by atoms with Crippen LogP contribution < -0.4 is 0 Å². The minimum Gasteiger partial charge on any atom is -0.475 e. The van der Waals surface area contributed by atoms with Gasteiger partial charge in [0, 0.05) is 56.9 Å². The van der Waals surface area contributed by atoms with Gasteiger partial charge in [-0.25, -0.2) is 9.78 Å². The Morgan fingerprint density at radius 1 is 1.32 bits per heavy atom. The average molecular weight is 460 g/mol. The van der Waals surface area contributed by atoms with Crippen LogP contribution in [0, 0.1) is 5.92 Å². The monoisotopic (exact) mass is 460 g/mol. The molecule has 2 aliphatic rings. The van der Waals surface area contributed by atoms with Crippen molar-refractivity contribution in [3.05, 3.63) is 40.6 Å². The lowest BCUT2D eigenvalue weighted by Crippen LogP contribution is -2.38. The largest absolute Gasteiger partial charge is 0.490 e. The minimum absolute atomic E-state index is 0.102. The first kappa shape index (κ1) is 23.2. The number of carboxylic acids is 1. The Morgan fingerprint density at radius 3 is 2.65 bits per heavy atom. The molecular formula is C19H23F3N4O4S. The van der Waals surface area contributed by atoms with Gasteiger partial charge in [0.15, 0.2) is 0 Å². The Balaban J connectivity index is 0.000000339. The maximum Gasteiger partial charge on any atom is 0.490 e. The van der Waals surface area contributed by atoms with Crippen molar-refractivity contribution in [2.45, 2.75) is 18.8 Å². The number of alkyl halides is 3. The molecular weight excluding hydrogens is 437 g/mol. The molecule has 0 radical (unpaired) electrons. The number of carbonyl (C=O) groups is 2. The average Bonchev–Trinajstić information content (AvgIpc) is 3.41. The van der Waals surface area contributed by atoms with Gasteiger partial charge in [0.2, 0.25) is 0 Å². The van der Waals surface area contributed by atoms with Crippen LogP contribution in [0.25, 0.3) is 0 Å². The van der Waals surface area contributed by atoms with Crippen LogP contribution in [0.4, 0.5) is 13.2 Å². The summed E-state index contributed by atoms with van der Waals surface area (Å²) in [5.74, 6) is -2.28. The van der Waals surface area contributed by atoms with Gasteiger partial charge in [-0.15, -0.1) is 11.3 Å². The number of aliphatic carboxylic acids is 1. The summed E-state index contributed by atoms with van der Waals surface area (Å²) >= 11 is 1.69. The molecule has 1 amide bonds. The first-order chi connectivity index (χ1) is 14.6. The van der Waals surface area contributed by atoms with Crippen LogP contribution in [0.1, 0.15) is 15.5 Å². The van der Waals surface area contributed by atoms with Crippen molar-refractivity contribution in [3.8, 4) is 0 Å². The van der Waals surface area contributed by atoms with Gasteiger partial charge in [-0.05, 0) is 12.1 Å². The Hall–Kier alpha value is -2.44. The molecule has 8 nitrogen and oxygen atoms in total. The number of ether oxygens (including phenoxy) is 1. The smallest absolute Gasteiger partial charge is 0.475 e. The van der Waals surface area contributed by atoms with E-state index in [1.165, 1.54) is 0 Å². The second kappa shape index (κ2) is 9.79. The van der Waals surface area contributed by atoms with Gasteiger partial charge < -0.3 is 19.3 Å². The molecule has 0 saturated carbocycles. The van der Waals surface area contributed by atoms with Crippen molar-refractivity contribution in [2.24, 2.45) is 13.0 Å². The van der Waals surface area contributed by atoms with Crippen LogP contribution in [-0.2, 0) is 23.1 Å². The van der Waals surface area contributed by atoms with Crippen LogP contribution >= 0.6 is 11.3 Å². The number of carbonyl (C=O) groups excluding carboxylic acids is 1. The standard InChI is InChI=1S/C17H22N4O2S.C2HF3O2/c1-19-5-2-3-14(19)17(22)21-6-7-23-15-11-20(9-13(15)10-21)12-16-18-4-8-24-16;3-2(4,5)1(6)7/h2-5,8,13,15H,6-7,9-12H2,1H3;(H,6,7)/t13-,15-;/m1./s1. The Labute approximate surface area is 180 Å². The number of amides is 1. The van der Waals surface area contributed by atoms with E-state index in [1.54, 1.807) is 11.3 Å². The number of carboxylic acid groups (broad SMARTS) is 1. The molecule has 0 spiro atoms. The maximum absolute atomic E-state index is 12.8. The van der Waals surface area contributed by atoms with E-state index in [1.807, 2.05) is 46.4 Å². The third-order valence-corrected chi connectivity index (χ3v) is 5.90. The first-order valence-corrected chi connectivity index (χ1v) is 10.5. The fraction of sp³-hybridized carbons (Fsp3) is 0.526. The quantitative estimate of drug-likeness (QED) is 0.755. The summed E-state index contributed by atoms with van der Waals surface area (Å²) in [4.78, 5) is 30.4. The number of rotatable bonds is 3. The molecule has 2 aromatic rings. The number of aromatic nitrogens is 2. The highest BCUT2D eigenvalue weighted by molar-refractivity contribution is 7.09. The van der Waals surface area contributed by atoms with Gasteiger partial charge in [-0.2, -0.15) is 13.2 Å². The van der Waals surface area contributed by atoms with E-state index < -0.39 is 12.1 Å². The molecule has 2 fully saturated rings. The molecule has 4 heterocycles. The third kappa shape index (κ3) is 6.05. The lowest BCUT2D eigenvalue weighted by molar-refractivity contribution is -0.192. The van der Waals surface area contributed by atoms with Crippen molar-refractivity contribution >= 4 is 23.2 Å². The Bertz CT molecular complexity index is 887. The van der Waals surface area contributed by atoms with Crippen LogP contribution in [-0.4, -0.2) is 81.4 Å². The highest BCUT2D eigenvalue weighted by atomic mass is 32.1. The van der Waals surface area contributed by atoms with Gasteiger partial charge in [0.05, 0.1) is 19.3 Å². The van der Waals surface area contributed by atoms with Crippen LogP contribution in [0.3, 0.4) is 0 Å². The zero-order valence-electron chi connectivity index (χ0n) is 16.8. The van der Waals surface area contributed by atoms with Gasteiger partial charge in [0.25, 0.3) is 5.91 Å². The van der Waals surface area contributed by atoms with Gasteiger partial charge in [-0.1, -0.05) is 0 Å². The van der Waals surface area contributed by atoms with Gasteiger partial charge >= 0.3 is 12.1 Å². The van der Waals surface area contributed by atoms with Crippen LogP contribution in [0.5, 0.6) is 0 Å². The van der Waals surface area contributed by atoms with Gasteiger partial charge in [0.1, 0.15) is 10.7 Å². The molecule has 0 unspecified atom stereocenters. The SMILES string of the molecule is Cn1cccc1C(=O)N1CCO[C@@H]2CN(Cc3nccs3)C[C@@H]2C1.O=C(O)C(F)(F)F. The highest BCUT2D eigenvalue weighted by Crippen LogP contribution is 2.26. The fourth-order valence-electron chi connectivity index (χ4n) is 3.66. The molecule has 2 atom stereocenters. The minimum atomic E-state index is -5.08. The van der Waals surface area contributed by atoms with E-state index >= 15 is 0 Å². The summed E-state index contributed by atoms with van der Waals surface area (Å²) in [6.07, 6.45) is -1.10. The lowest BCUT2D eigenvalue weighted by Gasteiger charge is -2.23. The summed E-state index contributed by atoms with van der Waals surface area (Å²) in [6, 6.07) is 3.80. The molecule has 31 heavy (non-hydrogen) atoms. The molecule has 0 bridgehead atoms. The number of aryl methyl sites for hydroxylation is 1. The Morgan fingerprint density at radius 2 is 2.06 bits per heavy atom. The molecule has 2 saturated heterocycles. The normalized spacial score (nSPS) is 21.7. The van der Waals surface area contributed by atoms with E-state index in [0.717, 1.165) is 36.9 Å². The molecule has 0 aliphatic carbocycles. The number of thiazole rings is 1. The molecule has 2 aromatic heterocycles. The second-order valence-electron chi connectivity index (χ2n) is 7.35. The number of hydrogen-bond acceptors (Lipinski definition) is 6. The zero-order valence-corrected chi connectivity index (χ0v) is 17.6. The van der Waals surface area contributed by atoms with Crippen molar-refractivity contribution < 1.29 is 32.6 Å². The van der Waals surface area contributed by atoms with E-state index in [0.29, 0.717) is 19.1 Å². The summed E-state index contributed by atoms with van der Waals surface area (Å²) < 4.78 is 39.7.